The number of carbonyl (C=O) groups is 1. The molecule has 14 heavy (non-hydrogen) atoms. The summed E-state index contributed by atoms with van der Waals surface area (Å²) in [7, 11) is -3.85. The third kappa shape index (κ3) is 1.41. The molecule has 0 saturated heterocycles. The highest BCUT2D eigenvalue weighted by atomic mass is 32.2. The number of carboxylic acid groups (broad SMARTS) is 1. The van der Waals surface area contributed by atoms with Gasteiger partial charge in [-0.15, -0.1) is 0 Å². The number of carboxylic acids is 1. The molecule has 0 atom stereocenters. The van der Waals surface area contributed by atoms with Gasteiger partial charge in [0.05, 0.1) is 0 Å². The van der Waals surface area contributed by atoms with Crippen molar-refractivity contribution >= 4 is 15.8 Å². The molecule has 0 aromatic carbocycles. The Morgan fingerprint density at radius 3 is 2.43 bits per heavy atom. The predicted octanol–water partition coefficient (Wildman–Crippen LogP) is 0.652. The van der Waals surface area contributed by atoms with Crippen molar-refractivity contribution in [1.29, 1.82) is 0 Å². The van der Waals surface area contributed by atoms with E-state index in [2.05, 4.69) is 4.98 Å². The predicted molar refractivity (Wildman–Crippen MR) is 49.7 cm³/mol. The topological polar surface area (TPSA) is 87.2 Å². The summed E-state index contributed by atoms with van der Waals surface area (Å²) in [5.74, 6) is -1.37. The molecular weight excluding hydrogens is 206 g/mol. The van der Waals surface area contributed by atoms with Crippen molar-refractivity contribution in [2.24, 2.45) is 0 Å². The minimum Gasteiger partial charge on any atom is -0.480 e. The minimum atomic E-state index is -3.85. The van der Waals surface area contributed by atoms with Gasteiger partial charge in [-0.1, -0.05) is 0 Å². The molecule has 0 radical (unpaired) electrons. The van der Waals surface area contributed by atoms with Crippen molar-refractivity contribution in [2.45, 2.75) is 23.6 Å². The Kier molecular flexibility index (Phi) is 2.41. The zero-order valence-corrected chi connectivity index (χ0v) is 8.63. The smallest absolute Gasteiger partial charge is 0.324 e. The average molecular weight is 217 g/mol. The fraction of sp³-hybridized carbons (Fsp3) is 0.375. The van der Waals surface area contributed by atoms with Crippen molar-refractivity contribution in [2.75, 3.05) is 0 Å². The number of hydrogen-bond acceptors (Lipinski definition) is 3. The van der Waals surface area contributed by atoms with Crippen LogP contribution in [0.3, 0.4) is 0 Å². The SMILES string of the molecule is CC(C)(C(=O)O)S(=O)(=O)c1ccc[nH]1. The van der Waals surface area contributed by atoms with Crippen LogP contribution in [0.2, 0.25) is 0 Å². The number of rotatable bonds is 3. The summed E-state index contributed by atoms with van der Waals surface area (Å²) in [5, 5.41) is 8.70. The zero-order valence-electron chi connectivity index (χ0n) is 7.81. The van der Waals surface area contributed by atoms with Crippen LogP contribution in [0.5, 0.6) is 0 Å². The second-order valence-corrected chi connectivity index (χ2v) is 5.82. The first-order chi connectivity index (χ1) is 6.30. The van der Waals surface area contributed by atoms with Gasteiger partial charge < -0.3 is 10.1 Å². The number of sulfone groups is 1. The van der Waals surface area contributed by atoms with Gasteiger partial charge in [0.2, 0.25) is 9.84 Å². The molecule has 78 valence electrons. The lowest BCUT2D eigenvalue weighted by molar-refractivity contribution is -0.139. The van der Waals surface area contributed by atoms with Crippen LogP contribution in [0.15, 0.2) is 23.4 Å². The number of H-pyrrole nitrogens is 1. The van der Waals surface area contributed by atoms with Crippen molar-refractivity contribution in [3.8, 4) is 0 Å². The van der Waals surface area contributed by atoms with Gasteiger partial charge in [0.25, 0.3) is 0 Å². The minimum absolute atomic E-state index is 0.0788. The molecule has 5 nitrogen and oxygen atoms in total. The van der Waals surface area contributed by atoms with Crippen LogP contribution in [0.4, 0.5) is 0 Å². The summed E-state index contributed by atoms with van der Waals surface area (Å²) < 4.78 is 21.7. The normalized spacial score (nSPS) is 12.7. The van der Waals surface area contributed by atoms with E-state index in [-0.39, 0.29) is 5.03 Å². The van der Waals surface area contributed by atoms with Gasteiger partial charge in [-0.25, -0.2) is 8.42 Å². The Labute approximate surface area is 81.7 Å². The maximum absolute atomic E-state index is 11.7. The monoisotopic (exact) mass is 217 g/mol. The maximum atomic E-state index is 11.7. The van der Waals surface area contributed by atoms with Crippen LogP contribution in [-0.4, -0.2) is 29.2 Å². The lowest BCUT2D eigenvalue weighted by Crippen LogP contribution is -2.40. The summed E-state index contributed by atoms with van der Waals surface area (Å²) in [5.41, 5.74) is 0. The molecule has 0 aliphatic heterocycles. The molecule has 0 saturated carbocycles. The van der Waals surface area contributed by atoms with E-state index in [0.29, 0.717) is 0 Å². The van der Waals surface area contributed by atoms with Gasteiger partial charge in [-0.2, -0.15) is 0 Å². The van der Waals surface area contributed by atoms with E-state index in [1.165, 1.54) is 18.3 Å². The Morgan fingerprint density at radius 2 is 2.07 bits per heavy atom. The molecule has 0 aliphatic rings. The van der Waals surface area contributed by atoms with E-state index in [9.17, 15) is 13.2 Å². The quantitative estimate of drug-likeness (QED) is 0.778. The van der Waals surface area contributed by atoms with Crippen molar-refractivity contribution < 1.29 is 18.3 Å². The molecule has 2 N–H and O–H groups in total. The highest BCUT2D eigenvalue weighted by Crippen LogP contribution is 2.23. The molecule has 1 aromatic heterocycles. The van der Waals surface area contributed by atoms with Gasteiger partial charge in [0.15, 0.2) is 4.75 Å². The number of hydrogen-bond donors (Lipinski definition) is 2. The second kappa shape index (κ2) is 3.13. The first-order valence-electron chi connectivity index (χ1n) is 3.91. The van der Waals surface area contributed by atoms with E-state index in [1.807, 2.05) is 0 Å². The zero-order chi connectivity index (χ0) is 11.0. The van der Waals surface area contributed by atoms with Gasteiger partial charge >= 0.3 is 5.97 Å². The molecule has 1 heterocycles. The van der Waals surface area contributed by atoms with Crippen LogP contribution in [0, 0.1) is 0 Å². The summed E-state index contributed by atoms with van der Waals surface area (Å²) in [6.07, 6.45) is 1.44. The van der Waals surface area contributed by atoms with Crippen LogP contribution in [0.1, 0.15) is 13.8 Å². The van der Waals surface area contributed by atoms with E-state index in [0.717, 1.165) is 13.8 Å². The fourth-order valence-corrected chi connectivity index (χ4v) is 2.13. The van der Waals surface area contributed by atoms with Gasteiger partial charge in [-0.3, -0.25) is 4.79 Å². The largest absolute Gasteiger partial charge is 0.480 e. The first kappa shape index (κ1) is 10.8. The molecule has 0 fully saturated rings. The molecule has 0 unspecified atom stereocenters. The van der Waals surface area contributed by atoms with Crippen LogP contribution in [0.25, 0.3) is 0 Å². The summed E-state index contributed by atoms with van der Waals surface area (Å²) in [4.78, 5) is 13.3. The number of aliphatic carboxylic acids is 1. The molecule has 0 bridgehead atoms. The first-order valence-corrected chi connectivity index (χ1v) is 5.40. The lowest BCUT2D eigenvalue weighted by Gasteiger charge is -2.18. The van der Waals surface area contributed by atoms with Gasteiger partial charge in [-0.05, 0) is 26.0 Å². The molecule has 1 aromatic rings. The standard InChI is InChI=1S/C8H11NO4S/c1-8(2,7(10)11)14(12,13)6-4-3-5-9-6/h3-5,9H,1-2H3,(H,10,11). The molecule has 0 aliphatic carbocycles. The Hall–Kier alpha value is -1.30. The van der Waals surface area contributed by atoms with E-state index in [1.54, 1.807) is 0 Å². The lowest BCUT2D eigenvalue weighted by atomic mass is 10.2. The van der Waals surface area contributed by atoms with Crippen LogP contribution in [-0.2, 0) is 14.6 Å². The fourth-order valence-electron chi connectivity index (χ4n) is 0.871. The molecular formula is C8H11NO4S. The molecule has 0 amide bonds. The average Bonchev–Trinajstić information content (AvgIpc) is 2.55. The molecule has 1 rings (SSSR count). The molecule has 0 spiro atoms. The third-order valence-electron chi connectivity index (χ3n) is 2.05. The number of aromatic nitrogens is 1. The highest BCUT2D eigenvalue weighted by Gasteiger charge is 2.43. The van der Waals surface area contributed by atoms with Crippen molar-refractivity contribution in [3.63, 3.8) is 0 Å². The van der Waals surface area contributed by atoms with E-state index >= 15 is 0 Å². The van der Waals surface area contributed by atoms with Crippen molar-refractivity contribution in [1.82, 2.24) is 4.98 Å². The number of aromatic amines is 1. The Balaban J connectivity index is 3.29. The highest BCUT2D eigenvalue weighted by molar-refractivity contribution is 7.93. The summed E-state index contributed by atoms with van der Waals surface area (Å²) in [6.45, 7) is 2.32. The summed E-state index contributed by atoms with van der Waals surface area (Å²) in [6, 6.07) is 2.84. The Morgan fingerprint density at radius 1 is 1.50 bits per heavy atom. The van der Waals surface area contributed by atoms with Crippen molar-refractivity contribution in [3.05, 3.63) is 18.3 Å². The van der Waals surface area contributed by atoms with Gasteiger partial charge in [0, 0.05) is 6.20 Å². The third-order valence-corrected chi connectivity index (χ3v) is 4.40. The second-order valence-electron chi connectivity index (χ2n) is 3.35. The van der Waals surface area contributed by atoms with E-state index < -0.39 is 20.6 Å². The number of nitrogens with one attached hydrogen (secondary N) is 1. The maximum Gasteiger partial charge on any atom is 0.324 e. The summed E-state index contributed by atoms with van der Waals surface area (Å²) >= 11 is 0. The van der Waals surface area contributed by atoms with E-state index in [4.69, 9.17) is 5.11 Å². The van der Waals surface area contributed by atoms with Crippen LogP contribution < -0.4 is 0 Å². The van der Waals surface area contributed by atoms with Gasteiger partial charge in [0.1, 0.15) is 5.03 Å². The van der Waals surface area contributed by atoms with Crippen LogP contribution >= 0.6 is 0 Å². The molecule has 6 heteroatoms. The Bertz CT molecular complexity index is 430.